The van der Waals surface area contributed by atoms with Gasteiger partial charge >= 0.3 is 29.6 Å². The van der Waals surface area contributed by atoms with Crippen LogP contribution in [0.1, 0.15) is 0 Å². The Morgan fingerprint density at radius 1 is 1.80 bits per heavy atom. The molecule has 0 aliphatic rings. The molecule has 7 heteroatoms. The molecule has 1 rings (SSSR count). The van der Waals surface area contributed by atoms with Crippen molar-refractivity contribution in [3.05, 3.63) is 5.51 Å². The Labute approximate surface area is 95.3 Å². The quantitative estimate of drug-likeness (QED) is 0.315. The monoisotopic (exact) mass is 199 g/mol. The molecule has 10 heavy (non-hydrogen) atoms. The van der Waals surface area contributed by atoms with Crippen molar-refractivity contribution in [3.63, 3.8) is 0 Å². The third-order valence-electron chi connectivity index (χ3n) is 0.569. The van der Waals surface area contributed by atoms with E-state index in [1.54, 1.807) is 5.51 Å². The summed E-state index contributed by atoms with van der Waals surface area (Å²) in [5.41, 5.74) is 1.61. The van der Waals surface area contributed by atoms with Gasteiger partial charge in [-0.05, 0) is 0 Å². The maximum absolute atomic E-state index is 4.59. The zero-order valence-corrected chi connectivity index (χ0v) is 9.65. The van der Waals surface area contributed by atoms with Crippen LogP contribution in [0.15, 0.2) is 5.51 Å². The van der Waals surface area contributed by atoms with Crippen LogP contribution in [0.2, 0.25) is 0 Å². The molecule has 3 nitrogen and oxygen atoms in total. The molecule has 1 heterocycles. The van der Waals surface area contributed by atoms with Gasteiger partial charge in [-0.2, -0.15) is 0 Å². The number of hydrogen-bond acceptors (Lipinski definition) is 5. The van der Waals surface area contributed by atoms with Crippen molar-refractivity contribution in [2.24, 2.45) is 0 Å². The summed E-state index contributed by atoms with van der Waals surface area (Å²) >= 11 is 10.5. The van der Waals surface area contributed by atoms with Gasteiger partial charge in [0.1, 0.15) is 5.51 Å². The number of thiocarbonyl (C=S) groups is 1. The predicted octanol–water partition coefficient (Wildman–Crippen LogP) is -2.21. The van der Waals surface area contributed by atoms with E-state index in [1.165, 1.54) is 11.3 Å². The maximum atomic E-state index is 4.59. The predicted molar refractivity (Wildman–Crippen MR) is 43.5 cm³/mol. The van der Waals surface area contributed by atoms with Gasteiger partial charge in [-0.1, -0.05) is 15.7 Å². The van der Waals surface area contributed by atoms with Crippen LogP contribution in [-0.2, 0) is 12.6 Å². The fourth-order valence-electron chi connectivity index (χ4n) is 0.315. The van der Waals surface area contributed by atoms with Gasteiger partial charge in [0.15, 0.2) is 0 Å². The van der Waals surface area contributed by atoms with E-state index in [4.69, 9.17) is 0 Å². The van der Waals surface area contributed by atoms with Gasteiger partial charge in [0.25, 0.3) is 0 Å². The van der Waals surface area contributed by atoms with Crippen molar-refractivity contribution in [3.8, 4) is 0 Å². The first-order valence-electron chi connectivity index (χ1n) is 2.03. The van der Waals surface area contributed by atoms with Gasteiger partial charge in [-0.25, -0.2) is 0 Å². The molecule has 0 aliphatic heterocycles. The fraction of sp³-hybridized carbons (Fsp3) is 0. The number of aromatic nitrogens is 2. The maximum Gasteiger partial charge on any atom is 1.00 e. The summed E-state index contributed by atoms with van der Waals surface area (Å²) in [4.78, 5) is 0. The SMILES string of the molecule is S=C([S-])Nc1nncs1.[Na+]. The van der Waals surface area contributed by atoms with E-state index in [-0.39, 0.29) is 29.6 Å². The Hall–Kier alpha value is 0.670. The van der Waals surface area contributed by atoms with Gasteiger partial charge < -0.3 is 30.2 Å². The van der Waals surface area contributed by atoms with Crippen LogP contribution in [0.5, 0.6) is 0 Å². The Bertz CT molecular complexity index is 199. The van der Waals surface area contributed by atoms with Crippen LogP contribution in [0, 0.1) is 0 Å². The Morgan fingerprint density at radius 3 is 2.90 bits per heavy atom. The Kier molecular flexibility index (Phi) is 5.69. The second kappa shape index (κ2) is 5.34. The molecule has 0 atom stereocenters. The first-order valence-corrected chi connectivity index (χ1v) is 3.73. The van der Waals surface area contributed by atoms with Crippen LogP contribution in [0.3, 0.4) is 0 Å². The minimum Gasteiger partial charge on any atom is -0.411 e. The van der Waals surface area contributed by atoms with Crippen LogP contribution >= 0.6 is 23.6 Å². The largest absolute Gasteiger partial charge is 1.00 e. The molecule has 0 bridgehead atoms. The van der Waals surface area contributed by atoms with Crippen LogP contribution in [-0.4, -0.2) is 14.5 Å². The van der Waals surface area contributed by atoms with E-state index in [1.807, 2.05) is 0 Å². The van der Waals surface area contributed by atoms with E-state index >= 15 is 0 Å². The van der Waals surface area contributed by atoms with Gasteiger partial charge in [0.2, 0.25) is 5.13 Å². The average Bonchev–Trinajstić information content (AvgIpc) is 2.15. The molecule has 0 unspecified atom stereocenters. The number of rotatable bonds is 1. The summed E-state index contributed by atoms with van der Waals surface area (Å²) in [5.74, 6) is 0. The molecular weight excluding hydrogens is 197 g/mol. The molecule has 1 aromatic rings. The molecule has 0 radical (unpaired) electrons. The zero-order chi connectivity index (χ0) is 6.69. The minimum atomic E-state index is 0. The van der Waals surface area contributed by atoms with Crippen molar-refractivity contribution in [2.45, 2.75) is 0 Å². The first kappa shape index (κ1) is 10.7. The third-order valence-corrected chi connectivity index (χ3v) is 1.38. The molecule has 1 aromatic heterocycles. The molecular formula is C3H2N3NaS3. The Morgan fingerprint density at radius 2 is 2.50 bits per heavy atom. The number of nitrogens with one attached hydrogen (secondary N) is 1. The molecule has 0 aromatic carbocycles. The summed E-state index contributed by atoms with van der Waals surface area (Å²) in [6.07, 6.45) is 0. The standard InChI is InChI=1S/C3H3N3S3.Na/c7-3(8)5-2-6-4-1-9-2;/h1H,(H2,5,6,7,8);/q;+1/p-1. The summed E-state index contributed by atoms with van der Waals surface area (Å²) in [6.45, 7) is 0. The number of hydrogen-bond donors (Lipinski definition) is 1. The van der Waals surface area contributed by atoms with E-state index in [2.05, 4.69) is 40.4 Å². The zero-order valence-electron chi connectivity index (χ0n) is 5.20. The average molecular weight is 199 g/mol. The van der Waals surface area contributed by atoms with E-state index in [0.717, 1.165) is 0 Å². The fourth-order valence-corrected chi connectivity index (χ4v) is 1.09. The molecule has 0 aliphatic carbocycles. The van der Waals surface area contributed by atoms with E-state index in [9.17, 15) is 0 Å². The number of nitrogens with zero attached hydrogens (tertiary/aromatic N) is 2. The van der Waals surface area contributed by atoms with Crippen molar-refractivity contribution < 1.29 is 29.6 Å². The minimum absolute atomic E-state index is 0. The summed E-state index contributed by atoms with van der Waals surface area (Å²) in [6, 6.07) is 0. The summed E-state index contributed by atoms with van der Waals surface area (Å²) in [7, 11) is 0. The first-order chi connectivity index (χ1) is 4.29. The van der Waals surface area contributed by atoms with Crippen molar-refractivity contribution >= 4 is 45.6 Å². The van der Waals surface area contributed by atoms with Crippen molar-refractivity contribution in [2.75, 3.05) is 5.32 Å². The second-order valence-corrected chi connectivity index (χ2v) is 3.06. The summed E-state index contributed by atoms with van der Waals surface area (Å²) in [5, 5.41) is 10.6. The smallest absolute Gasteiger partial charge is 0.411 e. The van der Waals surface area contributed by atoms with Gasteiger partial charge in [0.05, 0.1) is 0 Å². The molecule has 1 N–H and O–H groups in total. The normalized spacial score (nSPS) is 8.00. The van der Waals surface area contributed by atoms with Gasteiger partial charge in [-0.3, -0.25) is 0 Å². The molecule has 0 spiro atoms. The van der Waals surface area contributed by atoms with Gasteiger partial charge in [-0.15, -0.1) is 10.2 Å². The van der Waals surface area contributed by atoms with Crippen molar-refractivity contribution in [1.29, 1.82) is 0 Å². The van der Waals surface area contributed by atoms with Crippen molar-refractivity contribution in [1.82, 2.24) is 10.2 Å². The van der Waals surface area contributed by atoms with Gasteiger partial charge in [0, 0.05) is 0 Å². The van der Waals surface area contributed by atoms with E-state index in [0.29, 0.717) is 9.45 Å². The van der Waals surface area contributed by atoms with Crippen LogP contribution < -0.4 is 34.9 Å². The number of anilines is 1. The van der Waals surface area contributed by atoms with E-state index < -0.39 is 0 Å². The third kappa shape index (κ3) is 3.75. The molecule has 0 amide bonds. The molecule has 0 saturated carbocycles. The topological polar surface area (TPSA) is 37.8 Å². The molecule has 0 saturated heterocycles. The summed E-state index contributed by atoms with van der Waals surface area (Å²) < 4.78 is 0.298. The Balaban J connectivity index is 0.000000810. The molecule has 0 fully saturated rings. The second-order valence-electron chi connectivity index (χ2n) is 1.16. The molecule has 48 valence electrons. The van der Waals surface area contributed by atoms with Crippen LogP contribution in [0.4, 0.5) is 5.13 Å². The van der Waals surface area contributed by atoms with Crippen LogP contribution in [0.25, 0.3) is 0 Å².